The Morgan fingerprint density at radius 2 is 1.46 bits per heavy atom. The predicted octanol–water partition coefficient (Wildman–Crippen LogP) is 4.29. The van der Waals surface area contributed by atoms with E-state index in [-0.39, 0.29) is 18.8 Å². The van der Waals surface area contributed by atoms with E-state index in [0.717, 1.165) is 24.0 Å². The van der Waals surface area contributed by atoms with Gasteiger partial charge in [-0.1, -0.05) is 74.5 Å². The molecule has 0 fully saturated rings. The zero-order valence-corrected chi connectivity index (χ0v) is 16.5. The molecule has 0 unspecified atom stereocenters. The van der Waals surface area contributed by atoms with Crippen molar-refractivity contribution in [2.24, 2.45) is 0 Å². The molecule has 28 heavy (non-hydrogen) atoms. The van der Waals surface area contributed by atoms with Gasteiger partial charge in [-0.3, -0.25) is 4.89 Å². The highest BCUT2D eigenvalue weighted by Crippen LogP contribution is 2.04. The molecule has 0 radical (unpaired) electrons. The van der Waals surface area contributed by atoms with Crippen LogP contribution in [0.4, 0.5) is 0 Å². The van der Waals surface area contributed by atoms with Gasteiger partial charge in [0, 0.05) is 6.08 Å². The fourth-order valence-corrected chi connectivity index (χ4v) is 2.13. The van der Waals surface area contributed by atoms with Crippen molar-refractivity contribution in [1.29, 1.82) is 0 Å². The lowest BCUT2D eigenvalue weighted by molar-refractivity contribution is -0.275. The number of rotatable bonds is 9. The molecule has 0 aliphatic heterocycles. The van der Waals surface area contributed by atoms with Crippen molar-refractivity contribution in [3.8, 4) is 0 Å². The van der Waals surface area contributed by atoms with E-state index in [4.69, 9.17) is 15.1 Å². The summed E-state index contributed by atoms with van der Waals surface area (Å²) < 4.78 is 0. The molecular weight excluding hydrogens is 356 g/mol. The van der Waals surface area contributed by atoms with E-state index >= 15 is 0 Å². The van der Waals surface area contributed by atoms with Gasteiger partial charge in [-0.15, -0.1) is 0 Å². The first kappa shape index (κ1) is 23.6. The van der Waals surface area contributed by atoms with Crippen LogP contribution in [0.1, 0.15) is 44.2 Å². The third-order valence-corrected chi connectivity index (χ3v) is 3.91. The van der Waals surface area contributed by atoms with E-state index < -0.39 is 5.97 Å². The maximum Gasteiger partial charge on any atom is 0.365 e. The standard InChI is InChI=1S/C16H14O3.C7H16O2/c17-16(12-11-14-7-3-1-4-8-14)19-18-13-15-9-5-2-6-10-15;1-3-6(8)5-7(9)4-2/h1-12H,13H2;6-9H,3-5H2,1-2H3/t;6-,7+. The molecular formula is C23H30O5. The summed E-state index contributed by atoms with van der Waals surface area (Å²) in [5.74, 6) is -0.528. The highest BCUT2D eigenvalue weighted by Gasteiger charge is 2.06. The lowest BCUT2D eigenvalue weighted by Gasteiger charge is -2.11. The Morgan fingerprint density at radius 1 is 0.929 bits per heavy atom. The minimum absolute atomic E-state index is 0.242. The molecule has 0 aromatic heterocycles. The average molecular weight is 386 g/mol. The van der Waals surface area contributed by atoms with Crippen LogP contribution in [0.15, 0.2) is 66.7 Å². The number of benzene rings is 2. The maximum absolute atomic E-state index is 11.4. The van der Waals surface area contributed by atoms with Crippen LogP contribution >= 0.6 is 0 Å². The second kappa shape index (κ2) is 14.6. The van der Waals surface area contributed by atoms with Gasteiger partial charge in [-0.05, 0) is 36.5 Å². The molecule has 152 valence electrons. The highest BCUT2D eigenvalue weighted by molar-refractivity contribution is 5.86. The van der Waals surface area contributed by atoms with Gasteiger partial charge in [0.25, 0.3) is 0 Å². The van der Waals surface area contributed by atoms with Crippen molar-refractivity contribution in [2.75, 3.05) is 0 Å². The Balaban J connectivity index is 0.000000370. The van der Waals surface area contributed by atoms with Gasteiger partial charge in [-0.2, -0.15) is 4.89 Å². The third kappa shape index (κ3) is 11.3. The summed E-state index contributed by atoms with van der Waals surface area (Å²) in [7, 11) is 0. The zero-order valence-electron chi connectivity index (χ0n) is 16.5. The molecule has 2 aromatic carbocycles. The van der Waals surface area contributed by atoms with Crippen LogP contribution in [-0.2, 0) is 21.2 Å². The molecule has 0 bridgehead atoms. The van der Waals surface area contributed by atoms with E-state index in [2.05, 4.69) is 4.89 Å². The van der Waals surface area contributed by atoms with Gasteiger partial charge in [0.2, 0.25) is 0 Å². The number of hydrogen-bond acceptors (Lipinski definition) is 5. The monoisotopic (exact) mass is 386 g/mol. The van der Waals surface area contributed by atoms with Gasteiger partial charge in [-0.25, -0.2) is 4.79 Å². The second-order valence-electron chi connectivity index (χ2n) is 6.25. The summed E-state index contributed by atoms with van der Waals surface area (Å²) in [5.41, 5.74) is 1.88. The summed E-state index contributed by atoms with van der Waals surface area (Å²) in [6, 6.07) is 19.0. The lowest BCUT2D eigenvalue weighted by atomic mass is 10.1. The number of aliphatic hydroxyl groups is 2. The van der Waals surface area contributed by atoms with Crippen LogP contribution in [0, 0.1) is 0 Å². The van der Waals surface area contributed by atoms with E-state index in [9.17, 15) is 4.79 Å². The van der Waals surface area contributed by atoms with Crippen LogP contribution in [0.2, 0.25) is 0 Å². The summed E-state index contributed by atoms with van der Waals surface area (Å²) in [6.07, 6.45) is 4.36. The third-order valence-electron chi connectivity index (χ3n) is 3.91. The van der Waals surface area contributed by atoms with Gasteiger partial charge in [0.1, 0.15) is 6.61 Å². The van der Waals surface area contributed by atoms with Crippen molar-refractivity contribution in [3.05, 3.63) is 77.9 Å². The van der Waals surface area contributed by atoms with Crippen LogP contribution in [0.5, 0.6) is 0 Å². The topological polar surface area (TPSA) is 76.0 Å². The zero-order chi connectivity index (χ0) is 20.6. The van der Waals surface area contributed by atoms with E-state index in [1.54, 1.807) is 6.08 Å². The van der Waals surface area contributed by atoms with Crippen molar-refractivity contribution < 1.29 is 24.8 Å². The minimum Gasteiger partial charge on any atom is -0.393 e. The molecule has 0 saturated carbocycles. The van der Waals surface area contributed by atoms with Crippen molar-refractivity contribution >= 4 is 12.0 Å². The summed E-state index contributed by atoms with van der Waals surface area (Å²) in [5, 5.41) is 18.0. The summed E-state index contributed by atoms with van der Waals surface area (Å²) in [4.78, 5) is 20.9. The van der Waals surface area contributed by atoms with Crippen LogP contribution < -0.4 is 0 Å². The van der Waals surface area contributed by atoms with Crippen LogP contribution in [0.3, 0.4) is 0 Å². The Morgan fingerprint density at radius 3 is 2.00 bits per heavy atom. The molecule has 2 N–H and O–H groups in total. The normalized spacial score (nSPS) is 12.7. The number of carbonyl (C=O) groups is 1. The summed E-state index contributed by atoms with van der Waals surface area (Å²) in [6.45, 7) is 4.06. The maximum atomic E-state index is 11.4. The second-order valence-corrected chi connectivity index (χ2v) is 6.25. The predicted molar refractivity (Wildman–Crippen MR) is 110 cm³/mol. The van der Waals surface area contributed by atoms with Crippen LogP contribution in [-0.4, -0.2) is 28.4 Å². The molecule has 5 heteroatoms. The van der Waals surface area contributed by atoms with Gasteiger partial charge in [0.05, 0.1) is 12.2 Å². The lowest BCUT2D eigenvalue weighted by Crippen LogP contribution is -2.15. The molecule has 0 aliphatic carbocycles. The Labute approximate surface area is 167 Å². The minimum atomic E-state index is -0.528. The Hall–Kier alpha value is -2.47. The molecule has 5 nitrogen and oxygen atoms in total. The first-order chi connectivity index (χ1) is 13.5. The molecule has 2 atom stereocenters. The molecule has 2 aromatic rings. The molecule has 0 spiro atoms. The van der Waals surface area contributed by atoms with Crippen LogP contribution in [0.25, 0.3) is 6.08 Å². The quantitative estimate of drug-likeness (QED) is 0.382. The fraction of sp³-hybridized carbons (Fsp3) is 0.348. The largest absolute Gasteiger partial charge is 0.393 e. The van der Waals surface area contributed by atoms with Gasteiger partial charge < -0.3 is 10.2 Å². The average Bonchev–Trinajstić information content (AvgIpc) is 2.74. The van der Waals surface area contributed by atoms with E-state index in [0.29, 0.717) is 6.42 Å². The van der Waals surface area contributed by atoms with Gasteiger partial charge in [0.15, 0.2) is 0 Å². The summed E-state index contributed by atoms with van der Waals surface area (Å²) >= 11 is 0. The van der Waals surface area contributed by atoms with Crippen molar-refractivity contribution in [2.45, 2.75) is 51.9 Å². The number of aliphatic hydroxyl groups excluding tert-OH is 2. The van der Waals surface area contributed by atoms with Gasteiger partial charge >= 0.3 is 5.97 Å². The Kier molecular flexibility index (Phi) is 12.3. The Bertz CT molecular complexity index is 662. The molecule has 0 amide bonds. The smallest absolute Gasteiger partial charge is 0.365 e. The van der Waals surface area contributed by atoms with E-state index in [1.165, 1.54) is 6.08 Å². The first-order valence-electron chi connectivity index (χ1n) is 9.51. The number of hydrogen-bond donors (Lipinski definition) is 2. The molecule has 2 rings (SSSR count). The van der Waals surface area contributed by atoms with Crippen molar-refractivity contribution in [1.82, 2.24) is 0 Å². The highest BCUT2D eigenvalue weighted by atomic mass is 17.2. The SMILES string of the molecule is CC[C@@H](O)C[C@@H](O)CC.O=C(C=Cc1ccccc1)OOCc1ccccc1. The van der Waals surface area contributed by atoms with E-state index in [1.807, 2.05) is 74.5 Å². The molecule has 0 saturated heterocycles. The van der Waals surface area contributed by atoms with Crippen molar-refractivity contribution in [3.63, 3.8) is 0 Å². The first-order valence-corrected chi connectivity index (χ1v) is 9.51. The molecule has 0 aliphatic rings. The molecule has 0 heterocycles. The fourth-order valence-electron chi connectivity index (χ4n) is 2.13. The number of carbonyl (C=O) groups excluding carboxylic acids is 1.